The van der Waals surface area contributed by atoms with Crippen molar-refractivity contribution in [3.63, 3.8) is 0 Å². The maximum Gasteiger partial charge on any atom is 0.252 e. The third-order valence-corrected chi connectivity index (χ3v) is 4.29. The lowest BCUT2D eigenvalue weighted by Gasteiger charge is -2.18. The van der Waals surface area contributed by atoms with Gasteiger partial charge >= 0.3 is 0 Å². The number of nitrogens with zero attached hydrogens (tertiary/aromatic N) is 7. The average Bonchev–Trinajstić information content (AvgIpc) is 3.13. The molecule has 9 heteroatoms. The van der Waals surface area contributed by atoms with Crippen LogP contribution in [0.1, 0.15) is 42.0 Å². The maximum absolute atomic E-state index is 12.8. The summed E-state index contributed by atoms with van der Waals surface area (Å²) in [6, 6.07) is 3.28. The van der Waals surface area contributed by atoms with Gasteiger partial charge in [0.1, 0.15) is 30.6 Å². The van der Waals surface area contributed by atoms with E-state index in [9.17, 15) is 4.79 Å². The van der Waals surface area contributed by atoms with Gasteiger partial charge in [0.05, 0.1) is 6.04 Å². The number of hydrogen-bond donors (Lipinski definition) is 1. The molecular weight excluding hydrogens is 320 g/mol. The number of carbonyl (C=O) groups is 1. The summed E-state index contributed by atoms with van der Waals surface area (Å²) in [4.78, 5) is 21.4. The van der Waals surface area contributed by atoms with Crippen LogP contribution < -0.4 is 5.32 Å². The highest BCUT2D eigenvalue weighted by molar-refractivity contribution is 5.94. The van der Waals surface area contributed by atoms with Crippen molar-refractivity contribution < 1.29 is 4.79 Å². The SMILES string of the molecule is CCn1ncnc1C(NC(=O)c1ccnc(-n2cnnc2)c1)C1CC1. The van der Waals surface area contributed by atoms with Gasteiger partial charge in [0.25, 0.3) is 5.91 Å². The fourth-order valence-electron chi connectivity index (χ4n) is 2.82. The molecule has 4 rings (SSSR count). The molecule has 0 saturated heterocycles. The first-order valence-corrected chi connectivity index (χ1v) is 8.26. The molecule has 1 unspecified atom stereocenters. The van der Waals surface area contributed by atoms with Crippen LogP contribution in [0.3, 0.4) is 0 Å². The fourth-order valence-corrected chi connectivity index (χ4v) is 2.82. The minimum absolute atomic E-state index is 0.124. The molecule has 1 N–H and O–H groups in total. The Morgan fingerprint density at radius 2 is 2.12 bits per heavy atom. The highest BCUT2D eigenvalue weighted by Crippen LogP contribution is 2.40. The van der Waals surface area contributed by atoms with E-state index in [0.717, 1.165) is 25.2 Å². The van der Waals surface area contributed by atoms with Crippen LogP contribution in [0.4, 0.5) is 0 Å². The van der Waals surface area contributed by atoms with Crippen molar-refractivity contribution in [3.05, 3.63) is 48.7 Å². The second kappa shape index (κ2) is 6.42. The Morgan fingerprint density at radius 3 is 2.84 bits per heavy atom. The van der Waals surface area contributed by atoms with Crippen molar-refractivity contribution in [2.24, 2.45) is 5.92 Å². The van der Waals surface area contributed by atoms with Crippen molar-refractivity contribution >= 4 is 5.91 Å². The number of nitrogens with one attached hydrogen (secondary N) is 1. The van der Waals surface area contributed by atoms with Crippen molar-refractivity contribution in [1.82, 2.24) is 39.8 Å². The first-order valence-electron chi connectivity index (χ1n) is 8.26. The van der Waals surface area contributed by atoms with E-state index in [4.69, 9.17) is 0 Å². The molecule has 0 aliphatic heterocycles. The molecule has 25 heavy (non-hydrogen) atoms. The van der Waals surface area contributed by atoms with E-state index in [0.29, 0.717) is 17.3 Å². The van der Waals surface area contributed by atoms with Crippen LogP contribution in [0, 0.1) is 5.92 Å². The van der Waals surface area contributed by atoms with Gasteiger partial charge in [-0.15, -0.1) is 10.2 Å². The zero-order valence-corrected chi connectivity index (χ0v) is 13.8. The number of carbonyl (C=O) groups excluding carboxylic acids is 1. The highest BCUT2D eigenvalue weighted by Gasteiger charge is 2.36. The first-order chi connectivity index (χ1) is 12.3. The second-order valence-electron chi connectivity index (χ2n) is 5.99. The Morgan fingerprint density at radius 1 is 1.32 bits per heavy atom. The van der Waals surface area contributed by atoms with Gasteiger partial charge in [-0.05, 0) is 37.8 Å². The number of aromatic nitrogens is 7. The van der Waals surface area contributed by atoms with Gasteiger partial charge in [-0.1, -0.05) is 0 Å². The number of hydrogen-bond acceptors (Lipinski definition) is 6. The van der Waals surface area contributed by atoms with E-state index in [1.54, 1.807) is 35.6 Å². The summed E-state index contributed by atoms with van der Waals surface area (Å²) >= 11 is 0. The van der Waals surface area contributed by atoms with E-state index in [1.165, 1.54) is 6.33 Å². The predicted octanol–water partition coefficient (Wildman–Crippen LogP) is 1.15. The van der Waals surface area contributed by atoms with E-state index < -0.39 is 0 Å². The normalized spacial score (nSPS) is 15.1. The monoisotopic (exact) mass is 338 g/mol. The molecule has 128 valence electrons. The lowest BCUT2D eigenvalue weighted by molar-refractivity contribution is 0.0928. The van der Waals surface area contributed by atoms with E-state index >= 15 is 0 Å². The summed E-state index contributed by atoms with van der Waals surface area (Å²) in [7, 11) is 0. The highest BCUT2D eigenvalue weighted by atomic mass is 16.1. The molecule has 1 aliphatic carbocycles. The van der Waals surface area contributed by atoms with Crippen molar-refractivity contribution in [2.75, 3.05) is 0 Å². The van der Waals surface area contributed by atoms with E-state index in [-0.39, 0.29) is 11.9 Å². The molecule has 0 aromatic carbocycles. The Labute approximate surface area is 144 Å². The molecule has 9 nitrogen and oxygen atoms in total. The molecular formula is C16H18N8O. The van der Waals surface area contributed by atoms with Crippen LogP contribution in [-0.4, -0.2) is 40.4 Å². The second-order valence-corrected chi connectivity index (χ2v) is 5.99. The Hall–Kier alpha value is -3.10. The topological polar surface area (TPSA) is 103 Å². The number of aryl methyl sites for hydroxylation is 1. The van der Waals surface area contributed by atoms with Gasteiger partial charge in [-0.2, -0.15) is 5.10 Å². The fraction of sp³-hybridized carbons (Fsp3) is 0.375. The smallest absolute Gasteiger partial charge is 0.252 e. The van der Waals surface area contributed by atoms with Crippen LogP contribution in [0.25, 0.3) is 5.82 Å². The van der Waals surface area contributed by atoms with Gasteiger partial charge in [0.15, 0.2) is 0 Å². The first kappa shape index (κ1) is 15.4. The minimum Gasteiger partial charge on any atom is -0.342 e. The Bertz CT molecular complexity index is 868. The van der Waals surface area contributed by atoms with Gasteiger partial charge in [0, 0.05) is 18.3 Å². The summed E-state index contributed by atoms with van der Waals surface area (Å²) in [5.74, 6) is 1.67. The molecule has 0 radical (unpaired) electrons. The third kappa shape index (κ3) is 3.12. The molecule has 0 bridgehead atoms. The molecule has 3 aromatic heterocycles. The summed E-state index contributed by atoms with van der Waals surface area (Å²) in [6.45, 7) is 2.74. The molecule has 1 saturated carbocycles. The zero-order chi connectivity index (χ0) is 17.2. The molecule has 3 heterocycles. The lowest BCUT2D eigenvalue weighted by atomic mass is 10.1. The third-order valence-electron chi connectivity index (χ3n) is 4.29. The quantitative estimate of drug-likeness (QED) is 0.723. The number of amides is 1. The van der Waals surface area contributed by atoms with Crippen molar-refractivity contribution in [3.8, 4) is 5.82 Å². The van der Waals surface area contributed by atoms with E-state index in [2.05, 4.69) is 30.6 Å². The molecule has 1 aliphatic rings. The molecule has 1 amide bonds. The van der Waals surface area contributed by atoms with Gasteiger partial charge in [-0.25, -0.2) is 14.6 Å². The van der Waals surface area contributed by atoms with Gasteiger partial charge in [0.2, 0.25) is 0 Å². The standard InChI is InChI=1S/C16H18N8O/c1-2-24-15(18-8-21-24)14(11-3-4-11)22-16(25)12-5-6-17-13(7-12)23-9-19-20-10-23/h5-11,14H,2-4H2,1H3,(H,22,25). The van der Waals surface area contributed by atoms with Crippen LogP contribution in [-0.2, 0) is 6.54 Å². The molecule has 1 atom stereocenters. The molecule has 1 fully saturated rings. The summed E-state index contributed by atoms with van der Waals surface area (Å²) in [6.07, 6.45) is 8.40. The van der Waals surface area contributed by atoms with E-state index in [1.807, 2.05) is 11.6 Å². The number of rotatable bonds is 6. The van der Waals surface area contributed by atoms with Gasteiger partial charge in [-0.3, -0.25) is 9.36 Å². The maximum atomic E-state index is 12.8. The van der Waals surface area contributed by atoms with Crippen molar-refractivity contribution in [2.45, 2.75) is 32.4 Å². The largest absolute Gasteiger partial charge is 0.342 e. The van der Waals surface area contributed by atoms with Crippen LogP contribution in [0.2, 0.25) is 0 Å². The lowest BCUT2D eigenvalue weighted by Crippen LogP contribution is -2.32. The summed E-state index contributed by atoms with van der Waals surface area (Å²) in [5, 5.41) is 14.9. The summed E-state index contributed by atoms with van der Waals surface area (Å²) in [5.41, 5.74) is 0.534. The van der Waals surface area contributed by atoms with Crippen LogP contribution >= 0.6 is 0 Å². The summed E-state index contributed by atoms with van der Waals surface area (Å²) < 4.78 is 3.49. The van der Waals surface area contributed by atoms with Crippen molar-refractivity contribution in [1.29, 1.82) is 0 Å². The molecule has 0 spiro atoms. The molecule has 3 aromatic rings. The average molecular weight is 338 g/mol. The van der Waals surface area contributed by atoms with Gasteiger partial charge < -0.3 is 5.32 Å². The number of pyridine rings is 1. The Kier molecular flexibility index (Phi) is 3.96. The minimum atomic E-state index is -0.153. The predicted molar refractivity (Wildman–Crippen MR) is 87.8 cm³/mol. The van der Waals surface area contributed by atoms with Crippen LogP contribution in [0.15, 0.2) is 37.3 Å². The zero-order valence-electron chi connectivity index (χ0n) is 13.8. The Balaban J connectivity index is 1.57. The van der Waals surface area contributed by atoms with Crippen LogP contribution in [0.5, 0.6) is 0 Å².